The maximum atomic E-state index is 4.49. The molecule has 4 aromatic rings. The van der Waals surface area contributed by atoms with E-state index in [4.69, 9.17) is 0 Å². The molecular weight excluding hydrogens is 400 g/mol. The monoisotopic (exact) mass is 420 g/mol. The van der Waals surface area contributed by atoms with Crippen molar-refractivity contribution in [2.75, 3.05) is 0 Å². The van der Waals surface area contributed by atoms with Crippen LogP contribution in [-0.2, 0) is 0 Å². The normalized spacial score (nSPS) is 13.1. The predicted molar refractivity (Wildman–Crippen MR) is 136 cm³/mol. The van der Waals surface area contributed by atoms with Gasteiger partial charge in [-0.25, -0.2) is 0 Å². The number of aromatic nitrogens is 1. The number of hydrogen-bond donors (Lipinski definition) is 1. The van der Waals surface area contributed by atoms with E-state index in [9.17, 15) is 0 Å². The molecule has 0 amide bonds. The van der Waals surface area contributed by atoms with Gasteiger partial charge in [0.05, 0.1) is 5.70 Å². The van der Waals surface area contributed by atoms with Crippen LogP contribution in [0.3, 0.4) is 0 Å². The van der Waals surface area contributed by atoms with Crippen LogP contribution in [0.25, 0.3) is 5.57 Å². The van der Waals surface area contributed by atoms with Gasteiger partial charge in [-0.3, -0.25) is 4.99 Å². The van der Waals surface area contributed by atoms with Crippen LogP contribution < -0.4 is 0 Å². The third-order valence-corrected chi connectivity index (χ3v) is 5.19. The first-order valence-corrected chi connectivity index (χ1v) is 10.7. The van der Waals surface area contributed by atoms with Crippen molar-refractivity contribution in [3.05, 3.63) is 149 Å². The van der Waals surface area contributed by atoms with Gasteiger partial charge in [0.15, 0.2) is 0 Å². The molecule has 0 atom stereocenters. The molecule has 2 heteroatoms. The van der Waals surface area contributed by atoms with Crippen molar-refractivity contribution < 1.29 is 0 Å². The molecule has 2 nitrogen and oxygen atoms in total. The summed E-state index contributed by atoms with van der Waals surface area (Å²) >= 11 is 0. The number of nitrogens with one attached hydrogen (secondary N) is 1. The van der Waals surface area contributed by atoms with Crippen molar-refractivity contribution in [2.24, 2.45) is 4.99 Å². The van der Waals surface area contributed by atoms with E-state index in [1.54, 1.807) is 0 Å². The van der Waals surface area contributed by atoms with Gasteiger partial charge in [-0.2, -0.15) is 0 Å². The minimum Gasteiger partial charge on any atom is -0.361 e. The SMILES string of the molecule is C(#Cc1cccc(C#Cc2ccc(/C(=C3\C=CC=N3)c3ccc[nH]3)cc2)c1)c1ccccc1. The second-order valence-corrected chi connectivity index (χ2v) is 7.51. The lowest BCUT2D eigenvalue weighted by Crippen LogP contribution is -1.92. The molecule has 1 N–H and O–H groups in total. The number of aromatic amines is 1. The van der Waals surface area contributed by atoms with Gasteiger partial charge in [-0.05, 0) is 72.3 Å². The Kier molecular flexibility index (Phi) is 5.83. The van der Waals surface area contributed by atoms with E-state index >= 15 is 0 Å². The number of H-pyrrole nitrogens is 1. The van der Waals surface area contributed by atoms with Crippen molar-refractivity contribution in [2.45, 2.75) is 0 Å². The van der Waals surface area contributed by atoms with Crippen LogP contribution in [0.5, 0.6) is 0 Å². The maximum absolute atomic E-state index is 4.49. The summed E-state index contributed by atoms with van der Waals surface area (Å²) in [4.78, 5) is 7.79. The Bertz CT molecular complexity index is 1460. The summed E-state index contributed by atoms with van der Waals surface area (Å²) in [6.07, 6.45) is 7.72. The van der Waals surface area contributed by atoms with Gasteiger partial charge in [0.1, 0.15) is 0 Å². The minimum atomic E-state index is 0.943. The fourth-order valence-electron chi connectivity index (χ4n) is 3.58. The molecule has 0 spiro atoms. The molecule has 3 aromatic carbocycles. The third-order valence-electron chi connectivity index (χ3n) is 5.19. The number of hydrogen-bond acceptors (Lipinski definition) is 1. The molecule has 154 valence electrons. The molecule has 33 heavy (non-hydrogen) atoms. The molecule has 0 bridgehead atoms. The molecule has 0 fully saturated rings. The van der Waals surface area contributed by atoms with Crippen molar-refractivity contribution >= 4 is 11.8 Å². The van der Waals surface area contributed by atoms with Crippen LogP contribution in [0.2, 0.25) is 0 Å². The zero-order valence-electron chi connectivity index (χ0n) is 17.9. The lowest BCUT2D eigenvalue weighted by Gasteiger charge is -2.08. The number of nitrogens with zero attached hydrogens (tertiary/aromatic N) is 1. The molecule has 0 aliphatic carbocycles. The molecular formula is C31H20N2. The lowest BCUT2D eigenvalue weighted by molar-refractivity contribution is 1.32. The first-order chi connectivity index (χ1) is 16.3. The van der Waals surface area contributed by atoms with E-state index in [-0.39, 0.29) is 0 Å². The van der Waals surface area contributed by atoms with E-state index in [1.165, 1.54) is 0 Å². The minimum absolute atomic E-state index is 0.943. The second kappa shape index (κ2) is 9.56. The van der Waals surface area contributed by atoms with E-state index in [1.807, 2.05) is 97.4 Å². The fourth-order valence-corrected chi connectivity index (χ4v) is 3.58. The van der Waals surface area contributed by atoms with Gasteiger partial charge in [0, 0.05) is 45.9 Å². The summed E-state index contributed by atoms with van der Waals surface area (Å²) < 4.78 is 0. The largest absolute Gasteiger partial charge is 0.361 e. The highest BCUT2D eigenvalue weighted by Gasteiger charge is 2.12. The molecule has 0 unspecified atom stereocenters. The summed E-state index contributed by atoms with van der Waals surface area (Å²) in [5.74, 6) is 12.9. The zero-order valence-corrected chi connectivity index (χ0v) is 17.9. The van der Waals surface area contributed by atoms with E-state index in [0.717, 1.165) is 44.8 Å². The summed E-state index contributed by atoms with van der Waals surface area (Å²) in [5.41, 5.74) is 8.02. The third kappa shape index (κ3) is 4.93. The van der Waals surface area contributed by atoms with Gasteiger partial charge >= 0.3 is 0 Å². The fraction of sp³-hybridized carbons (Fsp3) is 0. The summed E-state index contributed by atoms with van der Waals surface area (Å²) in [7, 11) is 0. The van der Waals surface area contributed by atoms with Crippen molar-refractivity contribution in [3.8, 4) is 23.7 Å². The van der Waals surface area contributed by atoms with Crippen LogP contribution in [0.15, 0.2) is 120 Å². The predicted octanol–water partition coefficient (Wildman–Crippen LogP) is 6.21. The number of rotatable bonds is 2. The number of benzene rings is 3. The molecule has 1 aromatic heterocycles. The van der Waals surface area contributed by atoms with Crippen LogP contribution in [0.4, 0.5) is 0 Å². The summed E-state index contributed by atoms with van der Waals surface area (Å²) in [5, 5.41) is 0. The highest BCUT2D eigenvalue weighted by molar-refractivity contribution is 5.88. The van der Waals surface area contributed by atoms with E-state index in [0.29, 0.717) is 0 Å². The quantitative estimate of drug-likeness (QED) is 0.373. The molecule has 5 rings (SSSR count). The molecule has 2 heterocycles. The maximum Gasteiger partial charge on any atom is 0.0729 e. The highest BCUT2D eigenvalue weighted by Crippen LogP contribution is 2.28. The highest BCUT2D eigenvalue weighted by atomic mass is 14.8. The molecule has 0 saturated carbocycles. The average molecular weight is 421 g/mol. The Hall–Kier alpha value is -4.79. The van der Waals surface area contributed by atoms with Crippen LogP contribution in [0.1, 0.15) is 33.5 Å². The average Bonchev–Trinajstić information content (AvgIpc) is 3.59. The first kappa shape index (κ1) is 20.1. The van der Waals surface area contributed by atoms with E-state index < -0.39 is 0 Å². The van der Waals surface area contributed by atoms with Crippen LogP contribution >= 0.6 is 0 Å². The van der Waals surface area contributed by atoms with Crippen molar-refractivity contribution in [3.63, 3.8) is 0 Å². The smallest absolute Gasteiger partial charge is 0.0729 e. The van der Waals surface area contributed by atoms with Gasteiger partial charge in [-0.15, -0.1) is 0 Å². The van der Waals surface area contributed by atoms with Crippen LogP contribution in [-0.4, -0.2) is 11.2 Å². The van der Waals surface area contributed by atoms with Gasteiger partial charge in [-0.1, -0.05) is 60.1 Å². The molecule has 1 aliphatic rings. The number of allylic oxidation sites excluding steroid dienone is 2. The van der Waals surface area contributed by atoms with Crippen molar-refractivity contribution in [1.29, 1.82) is 0 Å². The Morgan fingerprint density at radius 2 is 1.30 bits per heavy atom. The molecule has 0 saturated heterocycles. The lowest BCUT2D eigenvalue weighted by atomic mass is 9.99. The second-order valence-electron chi connectivity index (χ2n) is 7.51. The standard InChI is InChI=1S/C31H20N2/c1-2-7-24(8-3-1)13-15-26-9-4-10-27(23-26)16-14-25-17-19-28(20-18-25)31(29-11-5-21-32-29)30-12-6-22-33-30/h1-12,17-23,32H/b31-30-. The number of aliphatic imine (C=N–C) groups is 1. The van der Waals surface area contributed by atoms with Crippen molar-refractivity contribution in [1.82, 2.24) is 4.98 Å². The molecule has 0 radical (unpaired) electrons. The summed E-state index contributed by atoms with van der Waals surface area (Å²) in [6, 6.07) is 30.4. The zero-order chi connectivity index (χ0) is 22.3. The summed E-state index contributed by atoms with van der Waals surface area (Å²) in [6.45, 7) is 0. The van der Waals surface area contributed by atoms with Gasteiger partial charge < -0.3 is 4.98 Å². The van der Waals surface area contributed by atoms with Crippen LogP contribution in [0, 0.1) is 23.7 Å². The van der Waals surface area contributed by atoms with Gasteiger partial charge in [0.25, 0.3) is 0 Å². The first-order valence-electron chi connectivity index (χ1n) is 10.7. The Morgan fingerprint density at radius 3 is 1.94 bits per heavy atom. The topological polar surface area (TPSA) is 28.1 Å². The Balaban J connectivity index is 1.38. The Morgan fingerprint density at radius 1 is 0.636 bits per heavy atom. The Labute approximate surface area is 194 Å². The van der Waals surface area contributed by atoms with E-state index in [2.05, 4.69) is 51.9 Å². The molecule has 1 aliphatic heterocycles. The van der Waals surface area contributed by atoms with Gasteiger partial charge in [0.2, 0.25) is 0 Å².